The van der Waals surface area contributed by atoms with Gasteiger partial charge < -0.3 is 35.1 Å². The van der Waals surface area contributed by atoms with E-state index < -0.39 is 30.9 Å². The molecule has 3 aromatic rings. The number of aryl methyl sites for hydroxylation is 1. The van der Waals surface area contributed by atoms with Crippen LogP contribution in [0.25, 0.3) is 10.9 Å². The van der Waals surface area contributed by atoms with Crippen LogP contribution in [-0.4, -0.2) is 76.0 Å². The van der Waals surface area contributed by atoms with Crippen molar-refractivity contribution in [2.75, 3.05) is 24.8 Å². The second-order valence-electron chi connectivity index (χ2n) is 9.82. The summed E-state index contributed by atoms with van der Waals surface area (Å²) in [5.74, 6) is 1.26. The van der Waals surface area contributed by atoms with Gasteiger partial charge in [-0.05, 0) is 49.4 Å². The number of aliphatic hydroxyl groups is 2. The number of amides is 2. The Balaban J connectivity index is 1.21. The van der Waals surface area contributed by atoms with E-state index in [4.69, 9.17) is 14.2 Å². The summed E-state index contributed by atoms with van der Waals surface area (Å²) in [6, 6.07) is 10.9. The normalized spacial score (nSPS) is 21.3. The van der Waals surface area contributed by atoms with Gasteiger partial charge in [0.25, 0.3) is 0 Å². The number of rotatable bonds is 9. The van der Waals surface area contributed by atoms with E-state index in [2.05, 4.69) is 26.7 Å². The number of carbonyl (C=O) groups excluding carboxylic acids is 2. The Morgan fingerprint density at radius 3 is 3.00 bits per heavy atom. The number of hydrogen-bond acceptors (Lipinski definition) is 10. The molecule has 2 aromatic heterocycles. The predicted octanol–water partition coefficient (Wildman–Crippen LogP) is 3.06. The maximum absolute atomic E-state index is 12.7. The van der Waals surface area contributed by atoms with Crippen LogP contribution in [0.5, 0.6) is 11.6 Å². The van der Waals surface area contributed by atoms with Gasteiger partial charge >= 0.3 is 6.09 Å². The maximum Gasteiger partial charge on any atom is 0.414 e. The first-order chi connectivity index (χ1) is 19.4. The molecule has 5 rings (SSSR count). The lowest BCUT2D eigenvalue weighted by atomic mass is 9.92. The molecule has 11 nitrogen and oxygen atoms in total. The monoisotopic (exact) mass is 568 g/mol. The van der Waals surface area contributed by atoms with Crippen molar-refractivity contribution in [3.63, 3.8) is 0 Å². The number of pyridine rings is 2. The summed E-state index contributed by atoms with van der Waals surface area (Å²) in [6.07, 6.45) is 2.35. The zero-order valence-corrected chi connectivity index (χ0v) is 22.9. The zero-order chi connectivity index (χ0) is 28.1. The highest BCUT2D eigenvalue weighted by molar-refractivity contribution is 8.00. The third-order valence-corrected chi connectivity index (χ3v) is 8.09. The largest absolute Gasteiger partial charge is 0.495 e. The molecule has 0 radical (unpaired) electrons. The Labute approximate surface area is 235 Å². The number of nitrogens with one attached hydrogen (secondary N) is 2. The van der Waals surface area contributed by atoms with E-state index in [0.717, 1.165) is 34.2 Å². The highest BCUT2D eigenvalue weighted by Crippen LogP contribution is 2.32. The summed E-state index contributed by atoms with van der Waals surface area (Å²) in [5.41, 5.74) is 2.03. The number of hydrogen-bond donors (Lipinski definition) is 4. The number of thioether (sulfide) groups is 1. The van der Waals surface area contributed by atoms with Crippen molar-refractivity contribution in [3.8, 4) is 11.6 Å². The molecule has 0 spiro atoms. The lowest BCUT2D eigenvalue weighted by Gasteiger charge is -2.37. The number of fused-ring (bicyclic) bond motifs is 2. The summed E-state index contributed by atoms with van der Waals surface area (Å²) in [7, 11) is 1.62. The fraction of sp³-hybridized carbons (Fsp3) is 0.429. The lowest BCUT2D eigenvalue weighted by Crippen LogP contribution is -2.51. The first-order valence-corrected chi connectivity index (χ1v) is 14.2. The van der Waals surface area contributed by atoms with Crippen molar-refractivity contribution in [1.82, 2.24) is 15.3 Å². The topological polar surface area (TPSA) is 152 Å². The minimum atomic E-state index is -0.982. The van der Waals surface area contributed by atoms with E-state index in [0.29, 0.717) is 30.2 Å². The molecule has 40 heavy (non-hydrogen) atoms. The number of benzene rings is 1. The number of nitrogens with zero attached hydrogens (tertiary/aromatic N) is 2. The first-order valence-electron chi connectivity index (χ1n) is 13.2. The van der Waals surface area contributed by atoms with Gasteiger partial charge in [0.15, 0.2) is 0 Å². The number of methoxy groups -OCH3 is 1. The molecule has 212 valence electrons. The summed E-state index contributed by atoms with van der Waals surface area (Å²) < 4.78 is 17.1. The Morgan fingerprint density at radius 2 is 2.17 bits per heavy atom. The lowest BCUT2D eigenvalue weighted by molar-refractivity contribution is -0.113. The molecule has 0 aliphatic carbocycles. The predicted molar refractivity (Wildman–Crippen MR) is 149 cm³/mol. The van der Waals surface area contributed by atoms with Crippen LogP contribution in [-0.2, 0) is 16.0 Å². The molecule has 0 bridgehead atoms. The Kier molecular flexibility index (Phi) is 9.00. The molecule has 1 aromatic carbocycles. The highest BCUT2D eigenvalue weighted by atomic mass is 32.2. The molecule has 0 unspecified atom stereocenters. The average molecular weight is 569 g/mol. The third kappa shape index (κ3) is 6.81. The van der Waals surface area contributed by atoms with E-state index in [1.165, 1.54) is 11.8 Å². The van der Waals surface area contributed by atoms with E-state index in [1.54, 1.807) is 25.4 Å². The minimum absolute atomic E-state index is 0.0572. The van der Waals surface area contributed by atoms with Gasteiger partial charge in [-0.3, -0.25) is 9.78 Å². The van der Waals surface area contributed by atoms with Crippen molar-refractivity contribution in [1.29, 1.82) is 0 Å². The molecule has 2 aliphatic heterocycles. The zero-order valence-electron chi connectivity index (χ0n) is 22.0. The Morgan fingerprint density at radius 1 is 1.30 bits per heavy atom. The van der Waals surface area contributed by atoms with Crippen LogP contribution < -0.4 is 20.1 Å². The summed E-state index contributed by atoms with van der Waals surface area (Å²) in [4.78, 5) is 33.9. The Bertz CT molecular complexity index is 1370. The minimum Gasteiger partial charge on any atom is -0.495 e. The third-order valence-electron chi connectivity index (χ3n) is 7.04. The summed E-state index contributed by atoms with van der Waals surface area (Å²) in [6.45, 7) is -0.407. The second kappa shape index (κ2) is 12.8. The van der Waals surface area contributed by atoms with Gasteiger partial charge in [-0.2, -0.15) is 4.98 Å². The SMILES string of the molecule is COc1cnc2cccc(CC[C@@H]3CC[C@@H](NC(=O)Oc4ccc5c(n4)NC(=O)CS5)[C@@H](C[C@@H](O)CO)O3)c2c1. The summed E-state index contributed by atoms with van der Waals surface area (Å²) >= 11 is 1.37. The average Bonchev–Trinajstić information content (AvgIpc) is 2.96. The summed E-state index contributed by atoms with van der Waals surface area (Å²) in [5, 5.41) is 26.1. The fourth-order valence-corrected chi connectivity index (χ4v) is 5.77. The second-order valence-corrected chi connectivity index (χ2v) is 10.8. The molecule has 1 saturated heterocycles. The van der Waals surface area contributed by atoms with Crippen molar-refractivity contribution in [2.45, 2.75) is 61.4 Å². The molecule has 2 amide bonds. The quantitative estimate of drug-likeness (QED) is 0.303. The molecule has 4 heterocycles. The van der Waals surface area contributed by atoms with Gasteiger partial charge in [0.05, 0.1) is 60.4 Å². The number of anilines is 1. The van der Waals surface area contributed by atoms with Gasteiger partial charge in [0, 0.05) is 17.9 Å². The molecular formula is C28H32N4O7S. The standard InChI is InChI=1S/C28H32N4O7S/c1-37-19-12-20-16(3-2-4-21(20)29-13-19)5-6-18-7-8-22(23(38-18)11-17(34)14-33)30-28(36)39-26-10-9-24-27(32-26)31-25(35)15-40-24/h2-4,9-10,12-13,17-18,22-23,33-34H,5-8,11,14-15H2,1H3,(H,30,36)(H,31,32,35)/t17-,18-,22-,23-/m1/s1. The molecule has 0 saturated carbocycles. The van der Waals surface area contributed by atoms with Gasteiger partial charge in [-0.1, -0.05) is 12.1 Å². The van der Waals surface area contributed by atoms with E-state index in [1.807, 2.05) is 18.2 Å². The van der Waals surface area contributed by atoms with Crippen LogP contribution in [0.1, 0.15) is 31.2 Å². The smallest absolute Gasteiger partial charge is 0.414 e. The van der Waals surface area contributed by atoms with Crippen LogP contribution in [0.15, 0.2) is 47.5 Å². The van der Waals surface area contributed by atoms with Crippen LogP contribution in [0, 0.1) is 0 Å². The van der Waals surface area contributed by atoms with Crippen LogP contribution in [0.2, 0.25) is 0 Å². The fourth-order valence-electron chi connectivity index (χ4n) is 5.02. The molecular weight excluding hydrogens is 536 g/mol. The molecule has 4 atom stereocenters. The van der Waals surface area contributed by atoms with Crippen molar-refractivity contribution >= 4 is 40.5 Å². The number of ether oxygens (including phenoxy) is 3. The van der Waals surface area contributed by atoms with Gasteiger partial charge in [0.2, 0.25) is 11.8 Å². The van der Waals surface area contributed by atoms with Gasteiger partial charge in [0.1, 0.15) is 11.6 Å². The maximum atomic E-state index is 12.7. The van der Waals surface area contributed by atoms with Crippen LogP contribution in [0.4, 0.5) is 10.6 Å². The molecule has 2 aliphatic rings. The number of aliphatic hydroxyl groups excluding tert-OH is 2. The van der Waals surface area contributed by atoms with Crippen LogP contribution >= 0.6 is 11.8 Å². The van der Waals surface area contributed by atoms with Crippen molar-refractivity contribution < 1.29 is 34.0 Å². The molecule has 12 heteroatoms. The first kappa shape index (κ1) is 28.1. The van der Waals surface area contributed by atoms with E-state index in [-0.39, 0.29) is 24.3 Å². The van der Waals surface area contributed by atoms with E-state index >= 15 is 0 Å². The molecule has 1 fully saturated rings. The molecule has 4 N–H and O–H groups in total. The number of carbonyl (C=O) groups is 2. The number of aromatic nitrogens is 2. The Hall–Kier alpha value is -3.45. The van der Waals surface area contributed by atoms with Gasteiger partial charge in [-0.25, -0.2) is 4.79 Å². The van der Waals surface area contributed by atoms with Gasteiger partial charge in [-0.15, -0.1) is 11.8 Å². The van der Waals surface area contributed by atoms with Crippen molar-refractivity contribution in [2.24, 2.45) is 0 Å². The van der Waals surface area contributed by atoms with Crippen molar-refractivity contribution in [3.05, 3.63) is 48.2 Å². The van der Waals surface area contributed by atoms with Crippen LogP contribution in [0.3, 0.4) is 0 Å². The highest BCUT2D eigenvalue weighted by Gasteiger charge is 2.34. The van der Waals surface area contributed by atoms with E-state index in [9.17, 15) is 19.8 Å².